The topological polar surface area (TPSA) is 75.4 Å². The van der Waals surface area contributed by atoms with Gasteiger partial charge < -0.3 is 10.0 Å². The molecule has 0 spiro atoms. The molecule has 1 aromatic heterocycles. The molecule has 106 valence electrons. The van der Waals surface area contributed by atoms with Crippen LogP contribution in [-0.2, 0) is 16.1 Å². The van der Waals surface area contributed by atoms with Crippen molar-refractivity contribution >= 4 is 11.9 Å². The van der Waals surface area contributed by atoms with Crippen LogP contribution in [0.5, 0.6) is 0 Å². The highest BCUT2D eigenvalue weighted by Crippen LogP contribution is 2.04. The fraction of sp³-hybridized carbons (Fsp3) is 0.615. The predicted octanol–water partition coefficient (Wildman–Crippen LogP) is 1.21. The smallest absolute Gasteiger partial charge is 0.305 e. The normalized spacial score (nSPS) is 10.5. The molecule has 0 aliphatic rings. The Morgan fingerprint density at radius 3 is 2.53 bits per heavy atom. The zero-order chi connectivity index (χ0) is 14.4. The van der Waals surface area contributed by atoms with E-state index in [0.29, 0.717) is 19.5 Å². The average Bonchev–Trinajstić information content (AvgIpc) is 2.65. The zero-order valence-electron chi connectivity index (χ0n) is 11.7. The summed E-state index contributed by atoms with van der Waals surface area (Å²) < 4.78 is 1.80. The molecule has 6 nitrogen and oxygen atoms in total. The number of nitrogens with zero attached hydrogens (tertiary/aromatic N) is 3. The molecule has 1 N–H and O–H groups in total. The maximum absolute atomic E-state index is 12.0. The molecule has 0 saturated heterocycles. The lowest BCUT2D eigenvalue weighted by Gasteiger charge is -2.20. The van der Waals surface area contributed by atoms with Gasteiger partial charge in [-0.1, -0.05) is 0 Å². The number of aromatic nitrogens is 2. The van der Waals surface area contributed by atoms with Gasteiger partial charge in [0, 0.05) is 31.7 Å². The van der Waals surface area contributed by atoms with Gasteiger partial charge in [-0.05, 0) is 26.8 Å². The van der Waals surface area contributed by atoms with Crippen LogP contribution in [0.25, 0.3) is 0 Å². The van der Waals surface area contributed by atoms with Crippen molar-refractivity contribution in [3.8, 4) is 0 Å². The third-order valence-corrected chi connectivity index (χ3v) is 2.97. The Hall–Kier alpha value is -1.85. The van der Waals surface area contributed by atoms with E-state index in [0.717, 1.165) is 11.4 Å². The van der Waals surface area contributed by atoms with Crippen LogP contribution < -0.4 is 0 Å². The molecule has 0 aromatic carbocycles. The van der Waals surface area contributed by atoms with Gasteiger partial charge in [0.1, 0.15) is 0 Å². The summed E-state index contributed by atoms with van der Waals surface area (Å²) in [5.41, 5.74) is 1.96. The number of carboxylic acids is 1. The number of amides is 1. The van der Waals surface area contributed by atoms with E-state index >= 15 is 0 Å². The summed E-state index contributed by atoms with van der Waals surface area (Å²) in [4.78, 5) is 24.1. The molecular weight excluding hydrogens is 246 g/mol. The first-order valence-electron chi connectivity index (χ1n) is 6.44. The van der Waals surface area contributed by atoms with Crippen molar-refractivity contribution in [3.05, 3.63) is 17.5 Å². The number of carbonyl (C=O) groups excluding carboxylic acids is 1. The van der Waals surface area contributed by atoms with Crippen LogP contribution in [0.2, 0.25) is 0 Å². The predicted molar refractivity (Wildman–Crippen MR) is 70.8 cm³/mol. The number of hydrogen-bond acceptors (Lipinski definition) is 3. The fourth-order valence-corrected chi connectivity index (χ4v) is 1.95. The summed E-state index contributed by atoms with van der Waals surface area (Å²) in [6.45, 7) is 7.04. The quantitative estimate of drug-likeness (QED) is 0.805. The van der Waals surface area contributed by atoms with Crippen molar-refractivity contribution in [1.29, 1.82) is 0 Å². The standard InChI is InChI=1S/C13H21N3O3/c1-4-15(7-6-13(18)19)12(17)5-8-16-11(3)9-10(2)14-16/h9H,4-8H2,1-3H3,(H,18,19). The van der Waals surface area contributed by atoms with Crippen LogP contribution in [0.15, 0.2) is 6.07 Å². The van der Waals surface area contributed by atoms with Crippen molar-refractivity contribution in [3.63, 3.8) is 0 Å². The van der Waals surface area contributed by atoms with Crippen molar-refractivity contribution in [2.24, 2.45) is 0 Å². The monoisotopic (exact) mass is 267 g/mol. The zero-order valence-corrected chi connectivity index (χ0v) is 11.7. The van der Waals surface area contributed by atoms with Gasteiger partial charge in [-0.25, -0.2) is 0 Å². The third kappa shape index (κ3) is 4.73. The minimum Gasteiger partial charge on any atom is -0.481 e. The molecule has 0 aliphatic heterocycles. The molecule has 0 atom stereocenters. The summed E-state index contributed by atoms with van der Waals surface area (Å²) in [6, 6.07) is 1.96. The number of carbonyl (C=O) groups is 2. The van der Waals surface area contributed by atoms with E-state index in [1.54, 1.807) is 9.58 Å². The Kier molecular flexibility index (Phi) is 5.54. The van der Waals surface area contributed by atoms with Crippen molar-refractivity contribution in [1.82, 2.24) is 14.7 Å². The van der Waals surface area contributed by atoms with Crippen molar-refractivity contribution in [2.45, 2.75) is 40.2 Å². The molecule has 6 heteroatoms. The molecule has 19 heavy (non-hydrogen) atoms. The van der Waals surface area contributed by atoms with Gasteiger partial charge >= 0.3 is 5.97 Å². The van der Waals surface area contributed by atoms with Crippen LogP contribution in [0, 0.1) is 13.8 Å². The first-order chi connectivity index (χ1) is 8.93. The maximum atomic E-state index is 12.0. The molecule has 1 amide bonds. The molecule has 0 aliphatic carbocycles. The summed E-state index contributed by atoms with van der Waals surface area (Å²) in [5.74, 6) is -0.916. The maximum Gasteiger partial charge on any atom is 0.305 e. The lowest BCUT2D eigenvalue weighted by atomic mass is 10.3. The molecule has 1 rings (SSSR count). The highest BCUT2D eigenvalue weighted by molar-refractivity contribution is 5.76. The first kappa shape index (κ1) is 15.2. The van der Waals surface area contributed by atoms with Gasteiger partial charge in [0.05, 0.1) is 12.1 Å². The Balaban J connectivity index is 2.48. The van der Waals surface area contributed by atoms with Crippen LogP contribution in [0.4, 0.5) is 0 Å². The minimum atomic E-state index is -0.884. The van der Waals surface area contributed by atoms with Crippen LogP contribution in [-0.4, -0.2) is 44.8 Å². The Labute approximate surface area is 113 Å². The van der Waals surface area contributed by atoms with Crippen LogP contribution in [0.3, 0.4) is 0 Å². The Morgan fingerprint density at radius 2 is 2.05 bits per heavy atom. The highest BCUT2D eigenvalue weighted by Gasteiger charge is 2.13. The van der Waals surface area contributed by atoms with E-state index in [1.807, 2.05) is 26.8 Å². The Bertz CT molecular complexity index is 454. The molecule has 0 saturated carbocycles. The lowest BCUT2D eigenvalue weighted by Crippen LogP contribution is -2.33. The lowest BCUT2D eigenvalue weighted by molar-refractivity contribution is -0.138. The summed E-state index contributed by atoms with van der Waals surface area (Å²) in [7, 11) is 0. The van der Waals surface area contributed by atoms with E-state index in [4.69, 9.17) is 5.11 Å². The summed E-state index contributed by atoms with van der Waals surface area (Å²) in [5, 5.41) is 12.9. The van der Waals surface area contributed by atoms with Gasteiger partial charge in [-0.15, -0.1) is 0 Å². The second kappa shape index (κ2) is 6.92. The van der Waals surface area contributed by atoms with E-state index in [1.165, 1.54) is 0 Å². The van der Waals surface area contributed by atoms with Crippen molar-refractivity contribution < 1.29 is 14.7 Å². The number of hydrogen-bond donors (Lipinski definition) is 1. The SMILES string of the molecule is CCN(CCC(=O)O)C(=O)CCn1nc(C)cc1C. The van der Waals surface area contributed by atoms with Gasteiger partial charge in [0.15, 0.2) is 0 Å². The number of rotatable bonds is 7. The first-order valence-corrected chi connectivity index (χ1v) is 6.44. The highest BCUT2D eigenvalue weighted by atomic mass is 16.4. The molecule has 0 fully saturated rings. The van der Waals surface area contributed by atoms with Gasteiger partial charge in [-0.2, -0.15) is 5.10 Å². The summed E-state index contributed by atoms with van der Waals surface area (Å²) in [6.07, 6.45) is 0.328. The molecule has 1 heterocycles. The molecular formula is C13H21N3O3. The fourth-order valence-electron chi connectivity index (χ4n) is 1.95. The molecule has 0 unspecified atom stereocenters. The molecule has 0 radical (unpaired) electrons. The van der Waals surface area contributed by atoms with Crippen LogP contribution in [0.1, 0.15) is 31.2 Å². The number of carboxylic acid groups (broad SMARTS) is 1. The summed E-state index contributed by atoms with van der Waals surface area (Å²) >= 11 is 0. The van der Waals surface area contributed by atoms with E-state index < -0.39 is 5.97 Å². The molecule has 0 bridgehead atoms. The second-order valence-electron chi connectivity index (χ2n) is 4.52. The largest absolute Gasteiger partial charge is 0.481 e. The second-order valence-corrected chi connectivity index (χ2v) is 4.52. The van der Waals surface area contributed by atoms with Gasteiger partial charge in [0.25, 0.3) is 0 Å². The van der Waals surface area contributed by atoms with Crippen molar-refractivity contribution in [2.75, 3.05) is 13.1 Å². The van der Waals surface area contributed by atoms with Gasteiger partial charge in [-0.3, -0.25) is 14.3 Å². The number of aryl methyl sites for hydroxylation is 3. The van der Waals surface area contributed by atoms with Gasteiger partial charge in [0.2, 0.25) is 5.91 Å². The minimum absolute atomic E-state index is 0.0144. The average molecular weight is 267 g/mol. The van der Waals surface area contributed by atoms with E-state index in [2.05, 4.69) is 5.10 Å². The van der Waals surface area contributed by atoms with E-state index in [9.17, 15) is 9.59 Å². The van der Waals surface area contributed by atoms with E-state index in [-0.39, 0.29) is 18.9 Å². The van der Waals surface area contributed by atoms with Crippen LogP contribution >= 0.6 is 0 Å². The molecule has 1 aromatic rings. The third-order valence-electron chi connectivity index (χ3n) is 2.97. The number of aliphatic carboxylic acids is 1. The Morgan fingerprint density at radius 1 is 1.37 bits per heavy atom.